The molecular formula is C15H28N3O4. The van der Waals surface area contributed by atoms with E-state index in [9.17, 15) is 9.90 Å². The number of nitrogens with two attached hydrogens (primary N) is 1. The Morgan fingerprint density at radius 2 is 2.23 bits per heavy atom. The van der Waals surface area contributed by atoms with Gasteiger partial charge in [-0.2, -0.15) is 0 Å². The summed E-state index contributed by atoms with van der Waals surface area (Å²) in [5, 5.41) is 13.4. The summed E-state index contributed by atoms with van der Waals surface area (Å²) in [6, 6.07) is 0.321. The van der Waals surface area contributed by atoms with E-state index in [0.29, 0.717) is 32.1 Å². The topological polar surface area (TPSA) is 97.0 Å². The van der Waals surface area contributed by atoms with Crippen molar-refractivity contribution in [1.29, 1.82) is 0 Å². The summed E-state index contributed by atoms with van der Waals surface area (Å²) >= 11 is 0. The number of primary amides is 1. The molecule has 1 unspecified atom stereocenters. The van der Waals surface area contributed by atoms with Crippen molar-refractivity contribution in [3.63, 3.8) is 0 Å². The molecule has 2 heterocycles. The Balaban J connectivity index is 1.85. The molecule has 127 valence electrons. The van der Waals surface area contributed by atoms with Gasteiger partial charge in [-0.1, -0.05) is 0 Å². The van der Waals surface area contributed by atoms with Crippen LogP contribution < -0.4 is 11.1 Å². The number of fused-ring (bicyclic) bond motifs is 2. The summed E-state index contributed by atoms with van der Waals surface area (Å²) in [5.74, 6) is -0.273. The van der Waals surface area contributed by atoms with Crippen LogP contribution in [0.3, 0.4) is 0 Å². The Hall–Kier alpha value is -0.730. The van der Waals surface area contributed by atoms with E-state index in [0.717, 1.165) is 19.3 Å². The van der Waals surface area contributed by atoms with Gasteiger partial charge in [-0.25, -0.2) is 0 Å². The first-order valence-corrected chi connectivity index (χ1v) is 7.86. The maximum atomic E-state index is 11.9. The fraction of sp³-hybridized carbons (Fsp3) is 0.867. The highest BCUT2D eigenvalue weighted by molar-refractivity contribution is 5.85. The Morgan fingerprint density at radius 1 is 1.50 bits per heavy atom. The van der Waals surface area contributed by atoms with Crippen LogP contribution in [-0.2, 0) is 14.3 Å². The second kappa shape index (κ2) is 7.70. The van der Waals surface area contributed by atoms with Gasteiger partial charge in [-0.15, -0.1) is 0 Å². The number of piperidine rings is 1. The Morgan fingerprint density at radius 3 is 2.86 bits per heavy atom. The standard InChI is InChI=1S/C15H28N3O4/c1-21-13(22-2)9-17-8-12(19)10-18-11-4-3-6-15(18,7-5-11)14(16)20/h3,11-13,17,19H,4-10H2,1-2H3,(H2,16,20)/t11-,12?,15+/m1/s1. The molecule has 0 aromatic rings. The Kier molecular flexibility index (Phi) is 6.17. The first-order chi connectivity index (χ1) is 10.5. The van der Waals surface area contributed by atoms with Crippen LogP contribution in [0.15, 0.2) is 0 Å². The predicted octanol–water partition coefficient (Wildman–Crippen LogP) is -0.758. The maximum absolute atomic E-state index is 11.9. The van der Waals surface area contributed by atoms with E-state index in [2.05, 4.69) is 16.6 Å². The van der Waals surface area contributed by atoms with Crippen LogP contribution in [0.2, 0.25) is 0 Å². The van der Waals surface area contributed by atoms with E-state index in [1.807, 2.05) is 0 Å². The quantitative estimate of drug-likeness (QED) is 0.484. The number of nitrogens with zero attached hydrogens (tertiary/aromatic N) is 1. The number of carbonyl (C=O) groups excluding carboxylic acids is 1. The zero-order valence-corrected chi connectivity index (χ0v) is 13.5. The molecule has 2 aliphatic heterocycles. The number of rotatable bonds is 9. The third kappa shape index (κ3) is 3.60. The van der Waals surface area contributed by atoms with E-state index < -0.39 is 11.6 Å². The third-order valence-electron chi connectivity index (χ3n) is 4.89. The maximum Gasteiger partial charge on any atom is 0.237 e. The van der Waals surface area contributed by atoms with E-state index in [4.69, 9.17) is 15.2 Å². The summed E-state index contributed by atoms with van der Waals surface area (Å²) in [7, 11) is 3.15. The highest BCUT2D eigenvalue weighted by Gasteiger charge is 2.52. The van der Waals surface area contributed by atoms with Gasteiger partial charge in [0.1, 0.15) is 5.54 Å². The van der Waals surface area contributed by atoms with Crippen LogP contribution in [0.1, 0.15) is 25.7 Å². The fourth-order valence-electron chi connectivity index (χ4n) is 3.64. The minimum atomic E-state index is -0.592. The van der Waals surface area contributed by atoms with Crippen molar-refractivity contribution in [2.75, 3.05) is 33.9 Å². The van der Waals surface area contributed by atoms with Crippen LogP contribution in [0.4, 0.5) is 0 Å². The lowest BCUT2D eigenvalue weighted by molar-refractivity contribution is -0.131. The number of aliphatic hydroxyl groups is 1. The van der Waals surface area contributed by atoms with E-state index in [1.54, 1.807) is 14.2 Å². The van der Waals surface area contributed by atoms with Crippen molar-refractivity contribution in [1.82, 2.24) is 10.2 Å². The molecule has 0 aromatic carbocycles. The lowest BCUT2D eigenvalue weighted by Crippen LogP contribution is -2.60. The van der Waals surface area contributed by atoms with E-state index >= 15 is 0 Å². The highest BCUT2D eigenvalue weighted by atomic mass is 16.7. The molecule has 0 aliphatic carbocycles. The van der Waals surface area contributed by atoms with Gasteiger partial charge in [0.25, 0.3) is 0 Å². The summed E-state index contributed by atoms with van der Waals surface area (Å²) in [6.45, 7) is 1.38. The molecule has 0 saturated carbocycles. The number of ether oxygens (including phenoxy) is 2. The lowest BCUT2D eigenvalue weighted by Gasteiger charge is -2.43. The van der Waals surface area contributed by atoms with Gasteiger partial charge < -0.3 is 25.6 Å². The van der Waals surface area contributed by atoms with Gasteiger partial charge in [-0.3, -0.25) is 9.69 Å². The molecule has 0 aromatic heterocycles. The van der Waals surface area contributed by atoms with Gasteiger partial charge in [0, 0.05) is 39.9 Å². The number of hydrogen-bond donors (Lipinski definition) is 3. The normalized spacial score (nSPS) is 29.9. The van der Waals surface area contributed by atoms with Crippen LogP contribution in [0, 0.1) is 6.42 Å². The molecule has 7 heteroatoms. The van der Waals surface area contributed by atoms with Crippen LogP contribution in [-0.4, -0.2) is 73.7 Å². The first kappa shape index (κ1) is 17.6. The van der Waals surface area contributed by atoms with Crippen molar-refractivity contribution in [2.45, 2.75) is 49.7 Å². The molecule has 1 amide bonds. The largest absolute Gasteiger partial charge is 0.390 e. The zero-order valence-electron chi connectivity index (χ0n) is 13.5. The van der Waals surface area contributed by atoms with Crippen LogP contribution in [0.5, 0.6) is 0 Å². The summed E-state index contributed by atoms with van der Waals surface area (Å²) in [4.78, 5) is 14.1. The second-order valence-electron chi connectivity index (χ2n) is 6.18. The van der Waals surface area contributed by atoms with Gasteiger partial charge >= 0.3 is 0 Å². The minimum Gasteiger partial charge on any atom is -0.390 e. The number of nitrogens with one attached hydrogen (secondary N) is 1. The molecule has 4 N–H and O–H groups in total. The minimum absolute atomic E-state index is 0.273. The van der Waals surface area contributed by atoms with E-state index in [-0.39, 0.29) is 12.2 Å². The molecule has 22 heavy (non-hydrogen) atoms. The fourth-order valence-corrected chi connectivity index (χ4v) is 3.64. The molecule has 3 atom stereocenters. The SMILES string of the molecule is COC(CNCC(O)CN1[C@@H]2C[CH]C[C@@]1(C(N)=O)CC2)OC. The number of β-amino-alcohol motifs (C(OH)–C–C–N with tert-alkyl or cyclic N) is 1. The molecule has 1 radical (unpaired) electrons. The average Bonchev–Trinajstić information content (AvgIpc) is 2.71. The summed E-state index contributed by atoms with van der Waals surface area (Å²) in [6.07, 6.45) is 4.68. The van der Waals surface area contributed by atoms with Crippen molar-refractivity contribution >= 4 is 5.91 Å². The first-order valence-electron chi connectivity index (χ1n) is 7.86. The van der Waals surface area contributed by atoms with Gasteiger partial charge in [-0.05, 0) is 32.1 Å². The molecule has 7 nitrogen and oxygen atoms in total. The Bertz CT molecular complexity index is 374. The van der Waals surface area contributed by atoms with Crippen LogP contribution in [0.25, 0.3) is 0 Å². The van der Waals surface area contributed by atoms with E-state index in [1.165, 1.54) is 0 Å². The van der Waals surface area contributed by atoms with Crippen LogP contribution >= 0.6 is 0 Å². The zero-order chi connectivity index (χ0) is 16.2. The summed E-state index contributed by atoms with van der Waals surface area (Å²) < 4.78 is 10.2. The molecule has 2 rings (SSSR count). The van der Waals surface area contributed by atoms with Gasteiger partial charge in [0.2, 0.25) is 5.91 Å². The molecule has 0 spiro atoms. The number of aliphatic hydroxyl groups excluding tert-OH is 1. The lowest BCUT2D eigenvalue weighted by atomic mass is 9.87. The van der Waals surface area contributed by atoms with Crippen molar-refractivity contribution in [3.05, 3.63) is 6.42 Å². The monoisotopic (exact) mass is 314 g/mol. The molecule has 2 aliphatic rings. The molecule has 2 bridgehead atoms. The summed E-state index contributed by atoms with van der Waals surface area (Å²) in [5.41, 5.74) is 5.06. The second-order valence-corrected chi connectivity index (χ2v) is 6.18. The number of carbonyl (C=O) groups is 1. The third-order valence-corrected chi connectivity index (χ3v) is 4.89. The Labute approximate surface area is 132 Å². The van der Waals surface area contributed by atoms with Gasteiger partial charge in [0.05, 0.1) is 6.10 Å². The van der Waals surface area contributed by atoms with Crippen molar-refractivity contribution in [3.8, 4) is 0 Å². The van der Waals surface area contributed by atoms with Crippen molar-refractivity contribution in [2.24, 2.45) is 5.73 Å². The van der Waals surface area contributed by atoms with Crippen molar-refractivity contribution < 1.29 is 19.4 Å². The average molecular weight is 314 g/mol. The molecule has 2 fully saturated rings. The predicted molar refractivity (Wildman–Crippen MR) is 81.9 cm³/mol. The highest BCUT2D eigenvalue weighted by Crippen LogP contribution is 2.43. The smallest absolute Gasteiger partial charge is 0.237 e. The molecule has 2 saturated heterocycles. The number of amides is 1. The molecular weight excluding hydrogens is 286 g/mol. The number of methoxy groups -OCH3 is 2. The number of hydrogen-bond acceptors (Lipinski definition) is 6. The van der Waals surface area contributed by atoms with Gasteiger partial charge in [0.15, 0.2) is 6.29 Å².